The molecule has 0 amide bonds. The zero-order valence-corrected chi connectivity index (χ0v) is 48.8. The van der Waals surface area contributed by atoms with Crippen LogP contribution in [-0.4, -0.2) is 42.3 Å². The number of aliphatic hydroxyl groups excluding tert-OH is 1. The molecule has 0 aliphatic heterocycles. The van der Waals surface area contributed by atoms with Gasteiger partial charge in [0.05, 0.1) is 13.7 Å². The largest absolute Gasteiger partial charge is 0.478 e. The van der Waals surface area contributed by atoms with Crippen molar-refractivity contribution in [3.05, 3.63) is 34.9 Å². The fraction of sp³-hybridized carbons (Fsp3) is 0.829. The van der Waals surface area contributed by atoms with Crippen molar-refractivity contribution < 1.29 is 183 Å². The molecule has 0 spiro atoms. The third-order valence-electron chi connectivity index (χ3n) is 14.8. The first kappa shape index (κ1) is 57.5. The second kappa shape index (κ2) is 25.2. The molecule has 3 unspecified atom stereocenters. The van der Waals surface area contributed by atoms with E-state index in [1.54, 1.807) is 11.1 Å². The summed E-state index contributed by atoms with van der Waals surface area (Å²) in [6, 6.07) is 0. The molecule has 4 nitrogen and oxygen atoms in total. The van der Waals surface area contributed by atoms with E-state index in [9.17, 15) is 9.36 Å². The molecule has 0 aromatic heterocycles. The Kier molecular flexibility index (Phi) is 28.5. The second-order valence-electron chi connectivity index (χ2n) is 17.7. The molecule has 277 valence electrons. The smallest absolute Gasteiger partial charge is 0.328 e. The van der Waals surface area contributed by atoms with Gasteiger partial charge in [0.2, 0.25) is 0 Å². The van der Waals surface area contributed by atoms with E-state index in [2.05, 4.69) is 53.7 Å². The molecular formula is C41H69O4PY5. The fourth-order valence-electron chi connectivity index (χ4n) is 11.2. The quantitative estimate of drug-likeness (QED) is 0.167. The van der Waals surface area contributed by atoms with E-state index < -0.39 is 13.1 Å². The van der Waals surface area contributed by atoms with Gasteiger partial charge in [-0.3, -0.25) is 0 Å². The third-order valence-corrected chi connectivity index (χ3v) is 15.8. The van der Waals surface area contributed by atoms with Crippen LogP contribution in [0.4, 0.5) is 0 Å². The molecule has 0 bridgehead atoms. The maximum Gasteiger partial charge on any atom is 0.328 e. The molecule has 6 rings (SSSR count). The Morgan fingerprint density at radius 2 is 0.980 bits per heavy atom. The Hall–Kier alpha value is 4.40. The van der Waals surface area contributed by atoms with Gasteiger partial charge in [0.15, 0.2) is 0 Å². The minimum absolute atomic E-state index is 0. The maximum absolute atomic E-state index is 11.8. The van der Waals surface area contributed by atoms with Gasteiger partial charge in [-0.1, -0.05) is 70.4 Å². The van der Waals surface area contributed by atoms with Crippen molar-refractivity contribution in [3.63, 3.8) is 0 Å². The molecule has 6 aliphatic carbocycles. The van der Waals surface area contributed by atoms with Crippen molar-refractivity contribution in [2.75, 3.05) is 26.1 Å². The van der Waals surface area contributed by atoms with Crippen molar-refractivity contribution in [3.8, 4) is 0 Å². The number of fused-ring (bicyclic) bond motifs is 3. The van der Waals surface area contributed by atoms with E-state index in [1.807, 2.05) is 13.3 Å². The van der Waals surface area contributed by atoms with E-state index in [0.717, 1.165) is 48.6 Å². The molecule has 10 heteroatoms. The van der Waals surface area contributed by atoms with Crippen molar-refractivity contribution in [2.24, 2.45) is 51.8 Å². The monoisotopic (exact) mass is 1100 g/mol. The van der Waals surface area contributed by atoms with Gasteiger partial charge in [-0.15, -0.1) is 0 Å². The molecule has 6 fully saturated rings. The summed E-state index contributed by atoms with van der Waals surface area (Å²) in [4.78, 5) is 10.8. The summed E-state index contributed by atoms with van der Waals surface area (Å²) >= 11 is 0. The van der Waals surface area contributed by atoms with Gasteiger partial charge in [0.1, 0.15) is 0 Å². The van der Waals surface area contributed by atoms with Crippen LogP contribution in [0.2, 0.25) is 0 Å². The predicted octanol–water partition coefficient (Wildman–Crippen LogP) is 11.1. The van der Waals surface area contributed by atoms with Crippen LogP contribution in [-0.2, 0) is 173 Å². The minimum atomic E-state index is -1.88. The summed E-state index contributed by atoms with van der Waals surface area (Å²) in [5.41, 5.74) is 5.83. The van der Waals surface area contributed by atoms with Gasteiger partial charge in [0, 0.05) is 176 Å². The Balaban J connectivity index is 0. The van der Waals surface area contributed by atoms with Gasteiger partial charge in [-0.2, -0.15) is 0 Å². The van der Waals surface area contributed by atoms with Gasteiger partial charge >= 0.3 is 5.97 Å². The van der Waals surface area contributed by atoms with Crippen LogP contribution in [0.25, 0.3) is 0 Å². The van der Waals surface area contributed by atoms with Gasteiger partial charge in [-0.25, -0.2) is 4.79 Å². The topological polar surface area (TPSA) is 74.6 Å². The average molecular weight is 1100 g/mol. The third kappa shape index (κ3) is 14.5. The number of aliphatic hydroxyl groups is 1. The number of carbonyl (C=O) groups is 1. The summed E-state index contributed by atoms with van der Waals surface area (Å²) in [6.45, 7) is 18.5. The first-order valence-corrected chi connectivity index (χ1v) is 21.8. The summed E-state index contributed by atoms with van der Waals surface area (Å²) in [5.74, 6) is 3.82. The molecular weight excluding hydrogens is 1030 g/mol. The van der Waals surface area contributed by atoms with Gasteiger partial charge in [0.25, 0.3) is 0 Å². The summed E-state index contributed by atoms with van der Waals surface area (Å²) in [5, 5.41) is 17.9. The molecule has 0 heterocycles. The number of rotatable bonds is 4. The van der Waals surface area contributed by atoms with E-state index in [-0.39, 0.29) is 170 Å². The molecule has 51 heavy (non-hydrogen) atoms. The van der Waals surface area contributed by atoms with Crippen LogP contribution in [0.5, 0.6) is 0 Å². The normalized spacial score (nSPS) is 38.6. The molecule has 2 N–H and O–H groups in total. The van der Waals surface area contributed by atoms with Crippen molar-refractivity contribution >= 4 is 13.1 Å². The summed E-state index contributed by atoms with van der Waals surface area (Å²) < 4.78 is 11.8. The number of aliphatic carboxylic acids is 1. The molecule has 0 saturated heterocycles. The van der Waals surface area contributed by atoms with Crippen LogP contribution in [0.15, 0.2) is 34.9 Å². The first-order chi connectivity index (χ1) is 21.5. The summed E-state index contributed by atoms with van der Waals surface area (Å²) in [6.07, 6.45) is 26.0. The van der Waals surface area contributed by atoms with Gasteiger partial charge < -0.3 is 14.8 Å². The molecule has 9 atom stereocenters. The van der Waals surface area contributed by atoms with Crippen LogP contribution in [0.1, 0.15) is 138 Å². The van der Waals surface area contributed by atoms with Crippen LogP contribution in [0, 0.1) is 51.8 Å². The summed E-state index contributed by atoms with van der Waals surface area (Å²) in [7, 11) is -1.88. The first-order valence-electron chi connectivity index (χ1n) is 19.0. The Morgan fingerprint density at radius 1 is 0.647 bits per heavy atom. The van der Waals surface area contributed by atoms with E-state index >= 15 is 0 Å². The van der Waals surface area contributed by atoms with Crippen molar-refractivity contribution in [1.82, 2.24) is 0 Å². The predicted molar refractivity (Wildman–Crippen MR) is 195 cm³/mol. The van der Waals surface area contributed by atoms with Crippen LogP contribution < -0.4 is 0 Å². The van der Waals surface area contributed by atoms with Crippen LogP contribution >= 0.6 is 7.14 Å². The standard InChI is InChI=1S/C15H27OP.C13H20O2.C13H22O.5Y/c1-12-7-8-14-13(9-11-17(3,4)16)6-5-10-15(12,14)2;1-9-5-6-11-10(8-12(14)15)4-3-7-13(9,11)2;1-10-5-6-12-11(7-9-14)4-3-8-13(10,12)2;;;;;/h9,12,14H,5-8,10-11H2,1-4H3;8-9,11H,3-7H2,1-2H3,(H,14,15);7,10,12,14H,3-6,8-9H2,1-2H3;;;;;/b13-9+;10-8-;11-7+;;;;;/t12?,14-,15+;9?,11-,13+;10?,12-,13+;;;;;/m000...../s1. The number of hydrogen-bond donors (Lipinski definition) is 2. The van der Waals surface area contributed by atoms with Crippen molar-refractivity contribution in [1.29, 1.82) is 0 Å². The average Bonchev–Trinajstić information content (AvgIpc) is 3.58. The maximum atomic E-state index is 11.8. The molecule has 0 aromatic carbocycles. The van der Waals surface area contributed by atoms with Gasteiger partial charge in [-0.05, 0) is 161 Å². The fourth-order valence-corrected chi connectivity index (χ4v) is 11.8. The number of carboxylic acids is 1. The zero-order chi connectivity index (χ0) is 33.9. The molecule has 6 aliphatic rings. The molecule has 6 saturated carbocycles. The van der Waals surface area contributed by atoms with Crippen LogP contribution in [0.3, 0.4) is 0 Å². The van der Waals surface area contributed by atoms with E-state index in [1.165, 1.54) is 95.1 Å². The number of hydrogen-bond acceptors (Lipinski definition) is 3. The zero-order valence-electron chi connectivity index (χ0n) is 33.8. The Bertz CT molecular complexity index is 1230. The SMILES string of the molecule is CC1CC[C@H]2/C(=C/CO)CCC[C@]12C.CC1CC[C@H]2/C(=C/CP(C)(C)=O)CCC[C@]12C.CC1CC[C@H]2/C(=C\C(=O)O)CCC[C@]12C.[Y].[Y].[Y].[Y].[Y]. The number of carboxylic acid groups (broad SMARTS) is 1. The molecule has 5 radical (unpaired) electrons. The van der Waals surface area contributed by atoms with E-state index in [0.29, 0.717) is 22.2 Å². The molecule has 0 aromatic rings. The Labute approximate surface area is 439 Å². The number of allylic oxidation sites excluding steroid dienone is 4. The Morgan fingerprint density at radius 3 is 1.31 bits per heavy atom. The second-order valence-corrected chi connectivity index (χ2v) is 21.2. The van der Waals surface area contributed by atoms with E-state index in [4.69, 9.17) is 10.2 Å². The van der Waals surface area contributed by atoms with Crippen molar-refractivity contribution in [2.45, 2.75) is 138 Å². The minimum Gasteiger partial charge on any atom is -0.478 e.